The Kier molecular flexibility index (Phi) is 7.67. The summed E-state index contributed by atoms with van der Waals surface area (Å²) in [7, 11) is 0. The van der Waals surface area contributed by atoms with Crippen molar-refractivity contribution >= 4 is 57.6 Å². The minimum Gasteiger partial charge on any atom is -0.355 e. The van der Waals surface area contributed by atoms with Gasteiger partial charge in [-0.05, 0) is 54.8 Å². The van der Waals surface area contributed by atoms with E-state index >= 15 is 0 Å². The molecule has 0 radical (unpaired) electrons. The summed E-state index contributed by atoms with van der Waals surface area (Å²) >= 11 is 13.9. The Hall–Kier alpha value is -2.72. The molecule has 0 aliphatic rings. The van der Waals surface area contributed by atoms with Gasteiger partial charge in [0.15, 0.2) is 5.65 Å². The quantitative estimate of drug-likeness (QED) is 0.265. The fourth-order valence-electron chi connectivity index (χ4n) is 4.14. The summed E-state index contributed by atoms with van der Waals surface area (Å²) < 4.78 is 1.96. The number of nitrogens with zero attached hydrogens (tertiary/aromatic N) is 3. The van der Waals surface area contributed by atoms with E-state index in [-0.39, 0.29) is 17.6 Å². The topological polar surface area (TPSA) is 70.2 Å². The van der Waals surface area contributed by atoms with Crippen LogP contribution in [0.1, 0.15) is 42.4 Å². The van der Waals surface area contributed by atoms with E-state index in [0.717, 1.165) is 40.0 Å². The third kappa shape index (κ3) is 5.02. The zero-order valence-electron chi connectivity index (χ0n) is 18.9. The number of aryl methyl sites for hydroxylation is 1. The number of para-hydroxylation sites is 2. The van der Waals surface area contributed by atoms with E-state index in [0.29, 0.717) is 27.8 Å². The molecule has 1 amide bonds. The number of benzene rings is 2. The molecule has 174 valence electrons. The molecule has 8 heteroatoms. The van der Waals surface area contributed by atoms with Crippen molar-refractivity contribution in [2.75, 3.05) is 12.3 Å². The zero-order valence-corrected chi connectivity index (χ0v) is 21.3. The lowest BCUT2D eigenvalue weighted by molar-refractivity contribution is -0.118. The molecule has 1 N–H and O–H groups in total. The van der Waals surface area contributed by atoms with Gasteiger partial charge in [0.1, 0.15) is 6.07 Å². The summed E-state index contributed by atoms with van der Waals surface area (Å²) in [6.07, 6.45) is 1.88. The molecule has 0 bridgehead atoms. The minimum atomic E-state index is -0.0595. The van der Waals surface area contributed by atoms with Crippen molar-refractivity contribution in [3.8, 4) is 6.07 Å². The molecule has 0 saturated heterocycles. The van der Waals surface area contributed by atoms with Gasteiger partial charge in [0, 0.05) is 22.5 Å². The van der Waals surface area contributed by atoms with Crippen LogP contribution in [0.5, 0.6) is 0 Å². The predicted molar refractivity (Wildman–Crippen MR) is 140 cm³/mol. The first-order valence-electron chi connectivity index (χ1n) is 11.1. The third-order valence-corrected chi connectivity index (χ3v) is 7.35. The van der Waals surface area contributed by atoms with E-state index in [1.807, 2.05) is 53.8 Å². The molecule has 2 heterocycles. The largest absolute Gasteiger partial charge is 0.355 e. The molecule has 0 aliphatic carbocycles. The maximum atomic E-state index is 12.8. The van der Waals surface area contributed by atoms with E-state index in [2.05, 4.69) is 23.3 Å². The van der Waals surface area contributed by atoms with E-state index in [9.17, 15) is 10.1 Å². The van der Waals surface area contributed by atoms with Crippen LogP contribution in [0.4, 0.5) is 0 Å². The molecule has 0 spiro atoms. The molecule has 0 fully saturated rings. The molecule has 5 nitrogen and oxygen atoms in total. The van der Waals surface area contributed by atoms with Crippen molar-refractivity contribution in [3.05, 3.63) is 75.3 Å². The van der Waals surface area contributed by atoms with Crippen LogP contribution in [0.25, 0.3) is 16.7 Å². The Morgan fingerprint density at radius 2 is 2.03 bits per heavy atom. The summed E-state index contributed by atoms with van der Waals surface area (Å²) in [5.74, 6) is 0.307. The lowest BCUT2D eigenvalue weighted by Gasteiger charge is -2.19. The second kappa shape index (κ2) is 10.7. The van der Waals surface area contributed by atoms with Gasteiger partial charge in [-0.2, -0.15) is 5.26 Å². The first kappa shape index (κ1) is 24.4. The van der Waals surface area contributed by atoms with Gasteiger partial charge in [-0.25, -0.2) is 4.98 Å². The van der Waals surface area contributed by atoms with Crippen LogP contribution < -0.4 is 5.32 Å². The Labute approximate surface area is 213 Å². The zero-order chi connectivity index (χ0) is 24.2. The van der Waals surface area contributed by atoms with Crippen LogP contribution in [-0.4, -0.2) is 27.6 Å². The van der Waals surface area contributed by atoms with E-state index < -0.39 is 0 Å². The van der Waals surface area contributed by atoms with Crippen LogP contribution in [0.15, 0.2) is 53.6 Å². The van der Waals surface area contributed by atoms with Crippen LogP contribution >= 0.6 is 35.0 Å². The van der Waals surface area contributed by atoms with Crippen molar-refractivity contribution in [1.82, 2.24) is 14.7 Å². The Balaban J connectivity index is 1.51. The fourth-order valence-corrected chi connectivity index (χ4v) is 5.65. The Morgan fingerprint density at radius 1 is 1.24 bits per heavy atom. The van der Waals surface area contributed by atoms with Crippen molar-refractivity contribution in [3.63, 3.8) is 0 Å². The van der Waals surface area contributed by atoms with Crippen LogP contribution in [-0.2, 0) is 4.79 Å². The number of carbonyl (C=O) groups is 1. The van der Waals surface area contributed by atoms with Gasteiger partial charge >= 0.3 is 0 Å². The number of amides is 1. The summed E-state index contributed by atoms with van der Waals surface area (Å²) in [6.45, 7) is 4.51. The number of nitrogens with one attached hydrogen (secondary N) is 1. The lowest BCUT2D eigenvalue weighted by Crippen LogP contribution is -2.30. The van der Waals surface area contributed by atoms with Gasteiger partial charge in [-0.1, -0.05) is 66.5 Å². The summed E-state index contributed by atoms with van der Waals surface area (Å²) in [5.41, 5.74) is 4.73. The Morgan fingerprint density at radius 3 is 2.76 bits per heavy atom. The minimum absolute atomic E-state index is 0.0595. The van der Waals surface area contributed by atoms with Gasteiger partial charge in [0.05, 0.1) is 27.4 Å². The summed E-state index contributed by atoms with van der Waals surface area (Å²) in [5, 5.41) is 14.8. The molecule has 2 aromatic carbocycles. The van der Waals surface area contributed by atoms with Crippen molar-refractivity contribution < 1.29 is 4.79 Å². The number of imidazole rings is 1. The molecule has 2 aromatic heterocycles. The molecule has 4 rings (SSSR count). The average molecular weight is 511 g/mol. The number of thioether (sulfide) groups is 1. The van der Waals surface area contributed by atoms with Crippen molar-refractivity contribution in [1.29, 1.82) is 5.26 Å². The van der Waals surface area contributed by atoms with Gasteiger partial charge in [0.2, 0.25) is 5.91 Å². The van der Waals surface area contributed by atoms with Gasteiger partial charge < -0.3 is 5.32 Å². The van der Waals surface area contributed by atoms with Gasteiger partial charge in [0.25, 0.3) is 0 Å². The van der Waals surface area contributed by atoms with Gasteiger partial charge in [-0.15, -0.1) is 0 Å². The first-order chi connectivity index (χ1) is 16.4. The number of halogens is 2. The predicted octanol–water partition coefficient (Wildman–Crippen LogP) is 6.77. The second-order valence-electron chi connectivity index (χ2n) is 8.16. The number of hydrogen-bond donors (Lipinski definition) is 1. The number of hydrogen-bond acceptors (Lipinski definition) is 4. The highest BCUT2D eigenvalue weighted by atomic mass is 35.5. The van der Waals surface area contributed by atoms with Gasteiger partial charge in [-0.3, -0.25) is 9.20 Å². The highest BCUT2D eigenvalue weighted by Crippen LogP contribution is 2.31. The molecule has 0 unspecified atom stereocenters. The number of aromatic nitrogens is 2. The smallest absolute Gasteiger partial charge is 0.230 e. The normalized spacial score (nSPS) is 12.1. The highest BCUT2D eigenvalue weighted by Gasteiger charge is 2.18. The number of pyridine rings is 1. The van der Waals surface area contributed by atoms with Crippen LogP contribution in [0, 0.1) is 18.3 Å². The maximum Gasteiger partial charge on any atom is 0.230 e. The molecular formula is C26H24Cl2N4OS. The SMILES string of the molecule is CCC[C@H](CNC(=O)CSc1cc(C)c(C#N)c2nc3ccccc3n12)c1ccc(Cl)cc1Cl. The monoisotopic (exact) mass is 510 g/mol. The first-order valence-corrected chi connectivity index (χ1v) is 12.8. The molecule has 0 saturated carbocycles. The summed E-state index contributed by atoms with van der Waals surface area (Å²) in [6, 6.07) is 17.5. The van der Waals surface area contributed by atoms with Crippen LogP contribution in [0.3, 0.4) is 0 Å². The lowest BCUT2D eigenvalue weighted by atomic mass is 9.94. The Bertz CT molecular complexity index is 1410. The molecule has 0 aliphatic heterocycles. The molecule has 4 aromatic rings. The third-order valence-electron chi connectivity index (χ3n) is 5.79. The molecule has 34 heavy (non-hydrogen) atoms. The van der Waals surface area contributed by atoms with E-state index in [1.165, 1.54) is 11.8 Å². The van der Waals surface area contributed by atoms with E-state index in [4.69, 9.17) is 23.2 Å². The van der Waals surface area contributed by atoms with Crippen molar-refractivity contribution in [2.24, 2.45) is 0 Å². The number of rotatable bonds is 8. The maximum absolute atomic E-state index is 12.8. The van der Waals surface area contributed by atoms with E-state index in [1.54, 1.807) is 6.07 Å². The molecular weight excluding hydrogens is 487 g/mol. The number of fused-ring (bicyclic) bond motifs is 3. The van der Waals surface area contributed by atoms with Crippen molar-refractivity contribution in [2.45, 2.75) is 37.6 Å². The standard InChI is InChI=1S/C26H24Cl2N4OS/c1-3-6-17(19-10-9-18(27)12-21(19)28)14-30-24(33)15-34-25-11-16(2)20(13-29)26-31-22-7-4-5-8-23(22)32(25)26/h4-5,7-12,17H,3,6,14-15H2,1-2H3,(H,30,33)/t17-/m1/s1. The molecule has 1 atom stereocenters. The van der Waals surface area contributed by atoms with Crippen LogP contribution in [0.2, 0.25) is 10.0 Å². The second-order valence-corrected chi connectivity index (χ2v) is 10.00. The fraction of sp³-hybridized carbons (Fsp3) is 0.269. The highest BCUT2D eigenvalue weighted by molar-refractivity contribution is 7.99. The number of nitriles is 1. The average Bonchev–Trinajstić information content (AvgIpc) is 3.20. The summed E-state index contributed by atoms with van der Waals surface area (Å²) in [4.78, 5) is 17.4. The number of carbonyl (C=O) groups excluding carboxylic acids is 1.